The maximum Gasteiger partial charge on any atom is 0.0887 e. The van der Waals surface area contributed by atoms with Crippen LogP contribution < -0.4 is 0 Å². The fourth-order valence-corrected chi connectivity index (χ4v) is 5.52. The highest BCUT2D eigenvalue weighted by Gasteiger charge is 2.48. The fraction of sp³-hybridized carbons (Fsp3) is 0.667. The lowest BCUT2D eigenvalue weighted by atomic mass is 9.51. The maximum absolute atomic E-state index is 9.54. The van der Waals surface area contributed by atoms with Gasteiger partial charge in [-0.2, -0.15) is 5.26 Å². The standard InChI is InChI=1S/C18H22N2/c19-11-16(18-3-1-2-4-20-18)10-17-14-6-12-5-13(8-14)9-15(17)7-12/h1-4,12-17H,5-10H2. The van der Waals surface area contributed by atoms with Crippen LogP contribution in [0.3, 0.4) is 0 Å². The molecule has 1 aromatic rings. The molecule has 104 valence electrons. The molecule has 4 aliphatic carbocycles. The van der Waals surface area contributed by atoms with E-state index in [0.717, 1.165) is 41.7 Å². The highest BCUT2D eigenvalue weighted by atomic mass is 14.7. The Morgan fingerprint density at radius 1 is 1.10 bits per heavy atom. The minimum atomic E-state index is -0.00118. The Hall–Kier alpha value is -1.36. The van der Waals surface area contributed by atoms with Gasteiger partial charge in [0, 0.05) is 6.20 Å². The van der Waals surface area contributed by atoms with E-state index in [9.17, 15) is 5.26 Å². The molecule has 1 unspecified atom stereocenters. The van der Waals surface area contributed by atoms with Gasteiger partial charge in [-0.25, -0.2) is 0 Å². The normalized spacial score (nSPS) is 39.5. The number of aromatic nitrogens is 1. The number of nitrogens with zero attached hydrogens (tertiary/aromatic N) is 2. The lowest BCUT2D eigenvalue weighted by molar-refractivity contribution is -0.0407. The van der Waals surface area contributed by atoms with Crippen molar-refractivity contribution < 1.29 is 0 Å². The average molecular weight is 266 g/mol. The SMILES string of the molecule is N#CC(CC1C2CC3CC(C2)CC1C3)c1ccccn1. The first kappa shape index (κ1) is 12.4. The summed E-state index contributed by atoms with van der Waals surface area (Å²) in [6.07, 6.45) is 10.1. The third kappa shape index (κ3) is 2.04. The molecule has 0 spiro atoms. The Kier molecular flexibility index (Phi) is 3.02. The maximum atomic E-state index is 9.54. The summed E-state index contributed by atoms with van der Waals surface area (Å²) in [5.74, 6) is 4.64. The second kappa shape index (κ2) is 4.88. The van der Waals surface area contributed by atoms with Crippen molar-refractivity contribution in [3.63, 3.8) is 0 Å². The molecule has 4 aliphatic rings. The predicted molar refractivity (Wildman–Crippen MR) is 77.7 cm³/mol. The molecule has 20 heavy (non-hydrogen) atoms. The van der Waals surface area contributed by atoms with Gasteiger partial charge in [0.25, 0.3) is 0 Å². The Balaban J connectivity index is 1.52. The van der Waals surface area contributed by atoms with Gasteiger partial charge in [-0.05, 0) is 80.2 Å². The van der Waals surface area contributed by atoms with Crippen molar-refractivity contribution in [1.82, 2.24) is 4.98 Å². The first-order valence-corrected chi connectivity index (χ1v) is 8.14. The molecule has 2 heteroatoms. The molecule has 4 fully saturated rings. The molecular weight excluding hydrogens is 244 g/mol. The van der Waals surface area contributed by atoms with Gasteiger partial charge >= 0.3 is 0 Å². The smallest absolute Gasteiger partial charge is 0.0887 e. The van der Waals surface area contributed by atoms with E-state index in [-0.39, 0.29) is 5.92 Å². The minimum Gasteiger partial charge on any atom is -0.260 e. The topological polar surface area (TPSA) is 36.7 Å². The minimum absolute atomic E-state index is 0.00118. The van der Waals surface area contributed by atoms with E-state index < -0.39 is 0 Å². The number of nitriles is 1. The molecule has 0 N–H and O–H groups in total. The molecule has 4 bridgehead atoms. The van der Waals surface area contributed by atoms with E-state index in [1.54, 1.807) is 0 Å². The second-order valence-corrected chi connectivity index (χ2v) is 7.27. The van der Waals surface area contributed by atoms with Crippen LogP contribution in [0.1, 0.15) is 50.1 Å². The van der Waals surface area contributed by atoms with Gasteiger partial charge in [0.15, 0.2) is 0 Å². The van der Waals surface area contributed by atoms with Crippen LogP contribution in [0.15, 0.2) is 24.4 Å². The molecular formula is C18H22N2. The van der Waals surface area contributed by atoms with Crippen LogP contribution >= 0.6 is 0 Å². The lowest BCUT2D eigenvalue weighted by Crippen LogP contribution is -2.45. The highest BCUT2D eigenvalue weighted by molar-refractivity contribution is 5.17. The van der Waals surface area contributed by atoms with Crippen LogP contribution in [0, 0.1) is 40.9 Å². The van der Waals surface area contributed by atoms with Crippen molar-refractivity contribution in [2.24, 2.45) is 29.6 Å². The van der Waals surface area contributed by atoms with Crippen LogP contribution in [-0.4, -0.2) is 4.98 Å². The zero-order valence-electron chi connectivity index (χ0n) is 11.9. The van der Waals surface area contributed by atoms with E-state index in [1.807, 2.05) is 24.4 Å². The Labute approximate surface area is 121 Å². The Bertz CT molecular complexity index is 488. The zero-order chi connectivity index (χ0) is 13.5. The van der Waals surface area contributed by atoms with Crippen LogP contribution in [0.25, 0.3) is 0 Å². The van der Waals surface area contributed by atoms with E-state index in [4.69, 9.17) is 0 Å². The van der Waals surface area contributed by atoms with Gasteiger partial charge in [-0.1, -0.05) is 6.07 Å². The molecule has 0 saturated heterocycles. The number of hydrogen-bond donors (Lipinski definition) is 0. The molecule has 0 aromatic carbocycles. The molecule has 2 nitrogen and oxygen atoms in total. The van der Waals surface area contributed by atoms with Crippen molar-refractivity contribution in [2.45, 2.75) is 44.4 Å². The number of pyridine rings is 1. The van der Waals surface area contributed by atoms with Crippen molar-refractivity contribution in [3.8, 4) is 6.07 Å². The van der Waals surface area contributed by atoms with Crippen molar-refractivity contribution in [2.75, 3.05) is 0 Å². The third-order valence-electron chi connectivity index (χ3n) is 6.13. The van der Waals surface area contributed by atoms with Gasteiger partial charge in [0.2, 0.25) is 0 Å². The molecule has 0 radical (unpaired) electrons. The third-order valence-corrected chi connectivity index (χ3v) is 6.13. The summed E-state index contributed by atoms with van der Waals surface area (Å²) >= 11 is 0. The Morgan fingerprint density at radius 3 is 2.35 bits per heavy atom. The van der Waals surface area contributed by atoms with Crippen LogP contribution in [0.2, 0.25) is 0 Å². The average Bonchev–Trinajstić information content (AvgIpc) is 2.47. The summed E-state index contributed by atoms with van der Waals surface area (Å²) in [4.78, 5) is 4.41. The Morgan fingerprint density at radius 2 is 1.80 bits per heavy atom. The monoisotopic (exact) mass is 266 g/mol. The molecule has 1 atom stereocenters. The van der Waals surface area contributed by atoms with E-state index in [1.165, 1.54) is 32.1 Å². The summed E-state index contributed by atoms with van der Waals surface area (Å²) in [7, 11) is 0. The first-order chi connectivity index (χ1) is 9.83. The van der Waals surface area contributed by atoms with Crippen LogP contribution in [0.5, 0.6) is 0 Å². The summed E-state index contributed by atoms with van der Waals surface area (Å²) in [5, 5.41) is 9.54. The lowest BCUT2D eigenvalue weighted by Gasteiger charge is -2.55. The molecule has 0 amide bonds. The molecule has 1 heterocycles. The molecule has 1 aromatic heterocycles. The summed E-state index contributed by atoms with van der Waals surface area (Å²) in [6, 6.07) is 8.47. The summed E-state index contributed by atoms with van der Waals surface area (Å²) in [5.41, 5.74) is 0.976. The second-order valence-electron chi connectivity index (χ2n) is 7.27. The van der Waals surface area contributed by atoms with Gasteiger partial charge in [0.1, 0.15) is 0 Å². The predicted octanol–water partition coefficient (Wildman–Crippen LogP) is 4.15. The largest absolute Gasteiger partial charge is 0.260 e. The molecule has 5 rings (SSSR count). The number of rotatable bonds is 3. The quantitative estimate of drug-likeness (QED) is 0.824. The van der Waals surface area contributed by atoms with Crippen molar-refractivity contribution in [3.05, 3.63) is 30.1 Å². The number of hydrogen-bond acceptors (Lipinski definition) is 2. The van der Waals surface area contributed by atoms with Gasteiger partial charge in [-0.15, -0.1) is 0 Å². The first-order valence-electron chi connectivity index (χ1n) is 8.14. The zero-order valence-corrected chi connectivity index (χ0v) is 11.9. The van der Waals surface area contributed by atoms with Gasteiger partial charge in [0.05, 0.1) is 17.7 Å². The van der Waals surface area contributed by atoms with Crippen molar-refractivity contribution >= 4 is 0 Å². The van der Waals surface area contributed by atoms with Crippen molar-refractivity contribution in [1.29, 1.82) is 5.26 Å². The van der Waals surface area contributed by atoms with Gasteiger partial charge < -0.3 is 0 Å². The van der Waals surface area contributed by atoms with Crippen LogP contribution in [0.4, 0.5) is 0 Å². The molecule has 4 saturated carbocycles. The molecule has 0 aliphatic heterocycles. The fourth-order valence-electron chi connectivity index (χ4n) is 5.52. The summed E-state index contributed by atoms with van der Waals surface area (Å²) in [6.45, 7) is 0. The van der Waals surface area contributed by atoms with E-state index in [2.05, 4.69) is 11.1 Å². The van der Waals surface area contributed by atoms with Crippen LogP contribution in [-0.2, 0) is 0 Å². The summed E-state index contributed by atoms with van der Waals surface area (Å²) < 4.78 is 0. The van der Waals surface area contributed by atoms with E-state index >= 15 is 0 Å². The van der Waals surface area contributed by atoms with Gasteiger partial charge in [-0.3, -0.25) is 4.98 Å². The van der Waals surface area contributed by atoms with E-state index in [0.29, 0.717) is 0 Å². The highest BCUT2D eigenvalue weighted by Crippen LogP contribution is 2.58.